The standard InChI is InChI=1S/C14H19N3OS/c18-8-3-9-19-14-12(10-15-11-5-6-11)17-7-2-1-4-13(17)16-14/h1-2,4,7,11,15,18H,3,5-6,8-10H2. The van der Waals surface area contributed by atoms with Crippen molar-refractivity contribution in [1.82, 2.24) is 14.7 Å². The number of aliphatic hydroxyl groups is 1. The molecule has 4 nitrogen and oxygen atoms in total. The molecule has 1 aliphatic rings. The summed E-state index contributed by atoms with van der Waals surface area (Å²) in [5, 5.41) is 13.5. The van der Waals surface area contributed by atoms with Crippen LogP contribution in [0, 0.1) is 0 Å². The Kier molecular flexibility index (Phi) is 4.06. The molecule has 19 heavy (non-hydrogen) atoms. The number of nitrogens with one attached hydrogen (secondary N) is 1. The Morgan fingerprint density at radius 2 is 2.32 bits per heavy atom. The fourth-order valence-corrected chi connectivity index (χ4v) is 3.03. The van der Waals surface area contributed by atoms with Gasteiger partial charge in [0.15, 0.2) is 0 Å². The van der Waals surface area contributed by atoms with E-state index in [4.69, 9.17) is 5.11 Å². The number of hydrogen-bond acceptors (Lipinski definition) is 4. The normalized spacial score (nSPS) is 15.2. The van der Waals surface area contributed by atoms with Gasteiger partial charge < -0.3 is 14.8 Å². The number of hydrogen-bond donors (Lipinski definition) is 2. The van der Waals surface area contributed by atoms with E-state index in [9.17, 15) is 0 Å². The Hall–Kier alpha value is -1.04. The van der Waals surface area contributed by atoms with Crippen molar-refractivity contribution in [3.8, 4) is 0 Å². The molecule has 3 rings (SSSR count). The molecule has 0 amide bonds. The van der Waals surface area contributed by atoms with Gasteiger partial charge in [-0.15, -0.1) is 11.8 Å². The Morgan fingerprint density at radius 1 is 1.42 bits per heavy atom. The maximum atomic E-state index is 8.89. The smallest absolute Gasteiger partial charge is 0.138 e. The third kappa shape index (κ3) is 3.11. The fraction of sp³-hybridized carbons (Fsp3) is 0.500. The van der Waals surface area contributed by atoms with Crippen LogP contribution in [0.5, 0.6) is 0 Å². The number of thioether (sulfide) groups is 1. The molecule has 5 heteroatoms. The molecule has 2 heterocycles. The van der Waals surface area contributed by atoms with Crippen LogP contribution < -0.4 is 5.32 Å². The summed E-state index contributed by atoms with van der Waals surface area (Å²) in [7, 11) is 0. The molecule has 0 bridgehead atoms. The molecule has 2 aromatic heterocycles. The largest absolute Gasteiger partial charge is 0.396 e. The maximum Gasteiger partial charge on any atom is 0.138 e. The van der Waals surface area contributed by atoms with E-state index in [1.807, 2.05) is 18.2 Å². The summed E-state index contributed by atoms with van der Waals surface area (Å²) in [6, 6.07) is 6.79. The van der Waals surface area contributed by atoms with Crippen LogP contribution in [-0.2, 0) is 6.54 Å². The Labute approximate surface area is 117 Å². The van der Waals surface area contributed by atoms with E-state index < -0.39 is 0 Å². The van der Waals surface area contributed by atoms with Crippen molar-refractivity contribution < 1.29 is 5.11 Å². The molecule has 2 N–H and O–H groups in total. The molecule has 0 aliphatic heterocycles. The summed E-state index contributed by atoms with van der Waals surface area (Å²) in [5.41, 5.74) is 2.24. The molecule has 102 valence electrons. The van der Waals surface area contributed by atoms with Crippen LogP contribution in [0.15, 0.2) is 29.4 Å². The van der Waals surface area contributed by atoms with Crippen molar-refractivity contribution in [2.24, 2.45) is 0 Å². The quantitative estimate of drug-likeness (QED) is 0.601. The van der Waals surface area contributed by atoms with Gasteiger partial charge >= 0.3 is 0 Å². The lowest BCUT2D eigenvalue weighted by molar-refractivity contribution is 0.296. The number of nitrogens with zero attached hydrogens (tertiary/aromatic N) is 2. The average Bonchev–Trinajstić information content (AvgIpc) is 3.19. The number of pyridine rings is 1. The Balaban J connectivity index is 1.82. The van der Waals surface area contributed by atoms with Gasteiger partial charge in [-0.25, -0.2) is 4.98 Å². The Morgan fingerprint density at radius 3 is 3.11 bits per heavy atom. The molecule has 0 atom stereocenters. The maximum absolute atomic E-state index is 8.89. The summed E-state index contributed by atoms with van der Waals surface area (Å²) in [5.74, 6) is 0.914. The first kappa shape index (κ1) is 13.0. The molecule has 0 spiro atoms. The van der Waals surface area contributed by atoms with Gasteiger partial charge in [0, 0.05) is 31.1 Å². The highest BCUT2D eigenvalue weighted by molar-refractivity contribution is 7.99. The summed E-state index contributed by atoms with van der Waals surface area (Å²) < 4.78 is 2.16. The summed E-state index contributed by atoms with van der Waals surface area (Å²) in [6.07, 6.45) is 5.48. The van der Waals surface area contributed by atoms with Gasteiger partial charge in [0.05, 0.1) is 5.69 Å². The minimum atomic E-state index is 0.246. The van der Waals surface area contributed by atoms with Crippen molar-refractivity contribution in [1.29, 1.82) is 0 Å². The number of rotatable bonds is 7. The first-order chi connectivity index (χ1) is 9.38. The van der Waals surface area contributed by atoms with Gasteiger partial charge in [-0.2, -0.15) is 0 Å². The Bertz CT molecular complexity index is 551. The lowest BCUT2D eigenvalue weighted by atomic mass is 10.4. The minimum Gasteiger partial charge on any atom is -0.396 e. The highest BCUT2D eigenvalue weighted by Gasteiger charge is 2.22. The number of imidazole rings is 1. The van der Waals surface area contributed by atoms with E-state index in [2.05, 4.69) is 20.9 Å². The third-order valence-electron chi connectivity index (χ3n) is 3.27. The highest BCUT2D eigenvalue weighted by atomic mass is 32.2. The van der Waals surface area contributed by atoms with E-state index >= 15 is 0 Å². The van der Waals surface area contributed by atoms with Gasteiger partial charge in [0.1, 0.15) is 10.7 Å². The zero-order valence-electron chi connectivity index (χ0n) is 10.9. The summed E-state index contributed by atoms with van der Waals surface area (Å²) in [6.45, 7) is 1.12. The lowest BCUT2D eigenvalue weighted by Crippen LogP contribution is -2.17. The minimum absolute atomic E-state index is 0.246. The number of fused-ring (bicyclic) bond motifs is 1. The average molecular weight is 277 g/mol. The van der Waals surface area contributed by atoms with Gasteiger partial charge in [0.25, 0.3) is 0 Å². The first-order valence-corrected chi connectivity index (χ1v) is 7.80. The molecule has 0 unspecified atom stereocenters. The second-order valence-electron chi connectivity index (χ2n) is 4.87. The van der Waals surface area contributed by atoms with Crippen LogP contribution in [-0.4, -0.2) is 32.9 Å². The molecule has 2 aromatic rings. The summed E-state index contributed by atoms with van der Waals surface area (Å²) >= 11 is 1.74. The van der Waals surface area contributed by atoms with Gasteiger partial charge in [-0.3, -0.25) is 0 Å². The molecule has 1 fully saturated rings. The molecule has 0 saturated heterocycles. The number of aliphatic hydroxyl groups excluding tert-OH is 1. The predicted octanol–water partition coefficient (Wildman–Crippen LogP) is 2.06. The van der Waals surface area contributed by atoms with Crippen LogP contribution in [0.3, 0.4) is 0 Å². The molecular weight excluding hydrogens is 258 g/mol. The zero-order chi connectivity index (χ0) is 13.1. The molecule has 0 aromatic carbocycles. The van der Waals surface area contributed by atoms with Crippen molar-refractivity contribution in [3.05, 3.63) is 30.1 Å². The van der Waals surface area contributed by atoms with E-state index in [1.54, 1.807) is 11.8 Å². The van der Waals surface area contributed by atoms with Gasteiger partial charge in [0.2, 0.25) is 0 Å². The van der Waals surface area contributed by atoms with E-state index in [0.29, 0.717) is 6.04 Å². The molecule has 0 radical (unpaired) electrons. The zero-order valence-corrected chi connectivity index (χ0v) is 11.7. The van der Waals surface area contributed by atoms with Crippen molar-refractivity contribution >= 4 is 17.4 Å². The van der Waals surface area contributed by atoms with E-state index in [-0.39, 0.29) is 6.61 Å². The second-order valence-corrected chi connectivity index (χ2v) is 5.96. The number of aromatic nitrogens is 2. The monoisotopic (exact) mass is 277 g/mol. The first-order valence-electron chi connectivity index (χ1n) is 6.81. The van der Waals surface area contributed by atoms with Crippen LogP contribution in [0.1, 0.15) is 25.0 Å². The van der Waals surface area contributed by atoms with Crippen LogP contribution >= 0.6 is 11.8 Å². The van der Waals surface area contributed by atoms with Crippen molar-refractivity contribution in [2.45, 2.75) is 36.9 Å². The highest BCUT2D eigenvalue weighted by Crippen LogP contribution is 2.26. The molecular formula is C14H19N3OS. The fourth-order valence-electron chi connectivity index (χ4n) is 2.06. The van der Waals surface area contributed by atoms with Crippen molar-refractivity contribution in [3.63, 3.8) is 0 Å². The second kappa shape index (κ2) is 5.94. The van der Waals surface area contributed by atoms with Crippen LogP contribution in [0.25, 0.3) is 5.65 Å². The van der Waals surface area contributed by atoms with E-state index in [0.717, 1.165) is 29.4 Å². The SMILES string of the molecule is OCCCSc1nc2ccccn2c1CNC1CC1. The van der Waals surface area contributed by atoms with Gasteiger partial charge in [-0.05, 0) is 31.4 Å². The van der Waals surface area contributed by atoms with Crippen LogP contribution in [0.2, 0.25) is 0 Å². The topological polar surface area (TPSA) is 49.6 Å². The third-order valence-corrected chi connectivity index (χ3v) is 4.36. The summed E-state index contributed by atoms with van der Waals surface area (Å²) in [4.78, 5) is 4.69. The lowest BCUT2D eigenvalue weighted by Gasteiger charge is -2.05. The van der Waals surface area contributed by atoms with Crippen LogP contribution in [0.4, 0.5) is 0 Å². The molecule has 1 aliphatic carbocycles. The van der Waals surface area contributed by atoms with E-state index in [1.165, 1.54) is 18.5 Å². The van der Waals surface area contributed by atoms with Gasteiger partial charge in [-0.1, -0.05) is 6.07 Å². The molecule has 1 saturated carbocycles. The predicted molar refractivity (Wildman–Crippen MR) is 77.5 cm³/mol. The van der Waals surface area contributed by atoms with Crippen molar-refractivity contribution in [2.75, 3.05) is 12.4 Å².